The van der Waals surface area contributed by atoms with Crippen LogP contribution in [0.15, 0.2) is 0 Å². The van der Waals surface area contributed by atoms with Crippen molar-refractivity contribution < 1.29 is 0 Å². The van der Waals surface area contributed by atoms with Gasteiger partial charge in [-0.2, -0.15) is 0 Å². The summed E-state index contributed by atoms with van der Waals surface area (Å²) in [5.74, 6) is 1.49. The first-order chi connectivity index (χ1) is 8.79. The molecular weight excluding hydrogens is 222 g/mol. The molecule has 1 aliphatic carbocycles. The number of likely N-dealkylation sites (tertiary alicyclic amines) is 1. The van der Waals surface area contributed by atoms with Crippen LogP contribution in [0, 0.1) is 11.8 Å². The van der Waals surface area contributed by atoms with Crippen molar-refractivity contribution in [1.29, 1.82) is 0 Å². The maximum Gasteiger partial charge on any atom is 0.0107 e. The molecule has 1 aliphatic heterocycles. The maximum absolute atomic E-state index is 5.88. The van der Waals surface area contributed by atoms with Crippen molar-refractivity contribution in [2.45, 2.75) is 51.5 Å². The van der Waals surface area contributed by atoms with Crippen LogP contribution in [-0.2, 0) is 0 Å². The van der Waals surface area contributed by atoms with Crippen LogP contribution in [0.1, 0.15) is 45.4 Å². The Morgan fingerprint density at radius 1 is 1.17 bits per heavy atom. The second-order valence-electron chi connectivity index (χ2n) is 6.41. The predicted octanol–water partition coefficient (Wildman–Crippen LogP) is 1.83. The molecule has 0 amide bonds. The molecule has 1 heterocycles. The van der Waals surface area contributed by atoms with Gasteiger partial charge in [-0.25, -0.2) is 0 Å². The van der Waals surface area contributed by atoms with E-state index in [2.05, 4.69) is 17.1 Å². The molecule has 0 radical (unpaired) electrons. The molecule has 0 aromatic rings. The lowest BCUT2D eigenvalue weighted by molar-refractivity contribution is 0.237. The minimum absolute atomic E-state index is 0.685. The second-order valence-corrected chi connectivity index (χ2v) is 6.41. The molecule has 18 heavy (non-hydrogen) atoms. The van der Waals surface area contributed by atoms with Crippen molar-refractivity contribution in [3.8, 4) is 0 Å². The van der Waals surface area contributed by atoms with Crippen molar-refractivity contribution in [3.05, 3.63) is 0 Å². The highest BCUT2D eigenvalue weighted by Gasteiger charge is 2.24. The molecule has 3 unspecified atom stereocenters. The van der Waals surface area contributed by atoms with E-state index in [1.807, 2.05) is 0 Å². The maximum atomic E-state index is 5.88. The monoisotopic (exact) mass is 253 g/mol. The van der Waals surface area contributed by atoms with Gasteiger partial charge in [-0.15, -0.1) is 0 Å². The van der Waals surface area contributed by atoms with E-state index < -0.39 is 0 Å². The third-order valence-electron chi connectivity index (χ3n) is 4.71. The Kier molecular flexibility index (Phi) is 5.93. The van der Waals surface area contributed by atoms with Crippen LogP contribution < -0.4 is 11.1 Å². The molecule has 2 aliphatic rings. The summed E-state index contributed by atoms with van der Waals surface area (Å²) in [6.45, 7) is 8.31. The molecule has 1 saturated carbocycles. The van der Waals surface area contributed by atoms with Gasteiger partial charge in [0.1, 0.15) is 0 Å². The molecule has 2 fully saturated rings. The average molecular weight is 253 g/mol. The summed E-state index contributed by atoms with van der Waals surface area (Å²) >= 11 is 0. The summed E-state index contributed by atoms with van der Waals surface area (Å²) in [7, 11) is 0. The van der Waals surface area contributed by atoms with E-state index >= 15 is 0 Å². The third kappa shape index (κ3) is 4.22. The van der Waals surface area contributed by atoms with E-state index in [-0.39, 0.29) is 0 Å². The number of hydrogen-bond acceptors (Lipinski definition) is 3. The van der Waals surface area contributed by atoms with Crippen molar-refractivity contribution in [2.75, 3.05) is 32.7 Å². The number of hydrogen-bond donors (Lipinski definition) is 2. The van der Waals surface area contributed by atoms with E-state index in [1.54, 1.807) is 0 Å². The Hall–Kier alpha value is -0.120. The number of rotatable bonds is 6. The van der Waals surface area contributed by atoms with Crippen LogP contribution in [-0.4, -0.2) is 43.7 Å². The average Bonchev–Trinajstić information content (AvgIpc) is 2.89. The summed E-state index contributed by atoms with van der Waals surface area (Å²) in [5.41, 5.74) is 5.88. The van der Waals surface area contributed by atoms with Crippen LogP contribution in [0.5, 0.6) is 0 Å². The molecule has 3 nitrogen and oxygen atoms in total. The first kappa shape index (κ1) is 14.3. The molecule has 3 heteroatoms. The minimum Gasteiger partial charge on any atom is -0.330 e. The lowest BCUT2D eigenvalue weighted by Crippen LogP contribution is -2.44. The summed E-state index contributed by atoms with van der Waals surface area (Å²) in [4.78, 5) is 2.62. The van der Waals surface area contributed by atoms with E-state index in [1.165, 1.54) is 58.2 Å². The fourth-order valence-electron chi connectivity index (χ4n) is 3.58. The van der Waals surface area contributed by atoms with E-state index in [0.29, 0.717) is 6.04 Å². The van der Waals surface area contributed by atoms with Crippen LogP contribution in [0.2, 0.25) is 0 Å². The molecule has 0 aromatic carbocycles. The predicted molar refractivity (Wildman–Crippen MR) is 77.6 cm³/mol. The Morgan fingerprint density at radius 3 is 2.61 bits per heavy atom. The molecule has 106 valence electrons. The molecule has 1 saturated heterocycles. The van der Waals surface area contributed by atoms with E-state index in [9.17, 15) is 0 Å². The van der Waals surface area contributed by atoms with E-state index in [4.69, 9.17) is 5.73 Å². The van der Waals surface area contributed by atoms with Crippen molar-refractivity contribution >= 4 is 0 Å². The van der Waals surface area contributed by atoms with Gasteiger partial charge in [0.2, 0.25) is 0 Å². The Bertz CT molecular complexity index is 226. The standard InChI is InChI=1S/C15H31N3/c1-13(12-18-8-4-5-9-18)11-17-15-7-3-2-6-14(15)10-16/h13-15,17H,2-12,16H2,1H3. The zero-order valence-corrected chi connectivity index (χ0v) is 12.0. The molecule has 0 spiro atoms. The summed E-state index contributed by atoms with van der Waals surface area (Å²) in [5, 5.41) is 3.79. The first-order valence-corrected chi connectivity index (χ1v) is 7.95. The molecule has 3 atom stereocenters. The largest absolute Gasteiger partial charge is 0.330 e. The smallest absolute Gasteiger partial charge is 0.0107 e. The summed E-state index contributed by atoms with van der Waals surface area (Å²) < 4.78 is 0. The van der Waals surface area contributed by atoms with Gasteiger partial charge in [-0.3, -0.25) is 0 Å². The zero-order chi connectivity index (χ0) is 12.8. The van der Waals surface area contributed by atoms with Gasteiger partial charge in [0.05, 0.1) is 0 Å². The van der Waals surface area contributed by atoms with Gasteiger partial charge in [0.25, 0.3) is 0 Å². The summed E-state index contributed by atoms with van der Waals surface area (Å²) in [6.07, 6.45) is 8.22. The minimum atomic E-state index is 0.685. The highest BCUT2D eigenvalue weighted by molar-refractivity contribution is 4.82. The van der Waals surface area contributed by atoms with Crippen LogP contribution >= 0.6 is 0 Å². The van der Waals surface area contributed by atoms with Gasteiger partial charge < -0.3 is 16.0 Å². The van der Waals surface area contributed by atoms with Gasteiger partial charge in [-0.1, -0.05) is 19.8 Å². The molecule has 0 aromatic heterocycles. The SMILES string of the molecule is CC(CNC1CCCCC1CN)CN1CCCC1. The quantitative estimate of drug-likeness (QED) is 0.759. The molecule has 2 rings (SSSR count). The Balaban J connectivity index is 1.65. The van der Waals surface area contributed by atoms with Crippen molar-refractivity contribution in [3.63, 3.8) is 0 Å². The molecule has 3 N–H and O–H groups in total. The van der Waals surface area contributed by atoms with Gasteiger partial charge in [0, 0.05) is 12.6 Å². The van der Waals surface area contributed by atoms with Crippen LogP contribution in [0.4, 0.5) is 0 Å². The van der Waals surface area contributed by atoms with Crippen LogP contribution in [0.3, 0.4) is 0 Å². The molecule has 0 bridgehead atoms. The second kappa shape index (κ2) is 7.46. The molecular formula is C15H31N3. The van der Waals surface area contributed by atoms with E-state index in [0.717, 1.165) is 24.9 Å². The van der Waals surface area contributed by atoms with Crippen molar-refractivity contribution in [2.24, 2.45) is 17.6 Å². The lowest BCUT2D eigenvalue weighted by Gasteiger charge is -2.32. The highest BCUT2D eigenvalue weighted by atomic mass is 15.1. The highest BCUT2D eigenvalue weighted by Crippen LogP contribution is 2.23. The van der Waals surface area contributed by atoms with Crippen molar-refractivity contribution in [1.82, 2.24) is 10.2 Å². The van der Waals surface area contributed by atoms with Gasteiger partial charge in [0.15, 0.2) is 0 Å². The third-order valence-corrected chi connectivity index (χ3v) is 4.71. The fourth-order valence-corrected chi connectivity index (χ4v) is 3.58. The number of nitrogens with zero attached hydrogens (tertiary/aromatic N) is 1. The normalized spacial score (nSPS) is 31.7. The van der Waals surface area contributed by atoms with Gasteiger partial charge >= 0.3 is 0 Å². The zero-order valence-electron chi connectivity index (χ0n) is 12.0. The fraction of sp³-hybridized carbons (Fsp3) is 1.00. The van der Waals surface area contributed by atoms with Crippen LogP contribution in [0.25, 0.3) is 0 Å². The summed E-state index contributed by atoms with van der Waals surface area (Å²) in [6, 6.07) is 0.685. The first-order valence-electron chi connectivity index (χ1n) is 7.95. The van der Waals surface area contributed by atoms with Gasteiger partial charge in [-0.05, 0) is 63.7 Å². The number of nitrogens with two attached hydrogens (primary N) is 1. The topological polar surface area (TPSA) is 41.3 Å². The Morgan fingerprint density at radius 2 is 1.89 bits per heavy atom. The number of nitrogens with one attached hydrogen (secondary N) is 1. The lowest BCUT2D eigenvalue weighted by atomic mass is 9.84. The Labute approximate surface area is 112 Å².